The molecule has 0 radical (unpaired) electrons. The Morgan fingerprint density at radius 1 is 1.28 bits per heavy atom. The zero-order chi connectivity index (χ0) is 13.4. The van der Waals surface area contributed by atoms with E-state index in [0.717, 1.165) is 17.9 Å². The van der Waals surface area contributed by atoms with Crippen LogP contribution in [0.4, 0.5) is 0 Å². The summed E-state index contributed by atoms with van der Waals surface area (Å²) in [6.45, 7) is 6.72. The first kappa shape index (κ1) is 15.5. The fourth-order valence-corrected chi connectivity index (χ4v) is 2.71. The van der Waals surface area contributed by atoms with Crippen LogP contribution in [-0.2, 0) is 5.75 Å². The zero-order valence-electron chi connectivity index (χ0n) is 11.6. The highest BCUT2D eigenvalue weighted by molar-refractivity contribution is 7.98. The smallest absolute Gasteiger partial charge is 0.0592 e. The summed E-state index contributed by atoms with van der Waals surface area (Å²) in [6.07, 6.45) is 1.06. The van der Waals surface area contributed by atoms with Crippen molar-refractivity contribution in [1.82, 2.24) is 5.32 Å². The molecule has 0 fully saturated rings. The first-order valence-electron chi connectivity index (χ1n) is 6.57. The van der Waals surface area contributed by atoms with E-state index in [1.165, 1.54) is 5.56 Å². The molecular weight excluding hydrogens is 242 g/mol. The molecule has 0 aliphatic rings. The molecule has 0 aromatic heterocycles. The molecular formula is C15H25NOS. The third-order valence-corrected chi connectivity index (χ3v) is 4.31. The molecule has 1 atom stereocenters. The van der Waals surface area contributed by atoms with Crippen molar-refractivity contribution in [2.24, 2.45) is 0 Å². The Hall–Kier alpha value is -0.510. The van der Waals surface area contributed by atoms with Gasteiger partial charge in [-0.1, -0.05) is 37.3 Å². The van der Waals surface area contributed by atoms with Gasteiger partial charge in [0.15, 0.2) is 0 Å². The number of rotatable bonds is 8. The molecule has 102 valence electrons. The molecule has 0 amide bonds. The topological polar surface area (TPSA) is 32.3 Å². The van der Waals surface area contributed by atoms with Crippen LogP contribution >= 0.6 is 11.8 Å². The molecule has 18 heavy (non-hydrogen) atoms. The molecule has 0 bridgehead atoms. The molecule has 2 N–H and O–H groups in total. The highest BCUT2D eigenvalue weighted by Gasteiger charge is 2.19. The Morgan fingerprint density at radius 2 is 1.94 bits per heavy atom. The largest absolute Gasteiger partial charge is 0.395 e. The second-order valence-electron chi connectivity index (χ2n) is 5.26. The van der Waals surface area contributed by atoms with Crippen molar-refractivity contribution < 1.29 is 5.11 Å². The van der Waals surface area contributed by atoms with Crippen LogP contribution in [0.15, 0.2) is 30.3 Å². The van der Waals surface area contributed by atoms with Crippen molar-refractivity contribution in [2.75, 3.05) is 12.4 Å². The standard InChI is InChI=1S/C15H25NOS/c1-4-15(2,3)16-14(10-17)12-18-11-13-8-6-5-7-9-13/h5-9,14,16-17H,4,10-12H2,1-3H3/t14-/m1/s1. The van der Waals surface area contributed by atoms with Crippen LogP contribution in [0.5, 0.6) is 0 Å². The van der Waals surface area contributed by atoms with E-state index in [1.807, 2.05) is 17.8 Å². The van der Waals surface area contributed by atoms with Crippen LogP contribution in [0.25, 0.3) is 0 Å². The average molecular weight is 267 g/mol. The lowest BCUT2D eigenvalue weighted by Gasteiger charge is -2.30. The minimum Gasteiger partial charge on any atom is -0.395 e. The van der Waals surface area contributed by atoms with Gasteiger partial charge in [0, 0.05) is 23.1 Å². The Kier molecular flexibility index (Phi) is 6.76. The lowest BCUT2D eigenvalue weighted by molar-refractivity contribution is 0.219. The Bertz CT molecular complexity index is 327. The number of hydrogen-bond acceptors (Lipinski definition) is 3. The first-order valence-corrected chi connectivity index (χ1v) is 7.73. The third-order valence-electron chi connectivity index (χ3n) is 3.13. The van der Waals surface area contributed by atoms with Crippen LogP contribution in [0.1, 0.15) is 32.8 Å². The Labute approximate surface area is 115 Å². The minimum atomic E-state index is 0.0979. The second-order valence-corrected chi connectivity index (χ2v) is 6.29. The number of hydrogen-bond donors (Lipinski definition) is 2. The van der Waals surface area contributed by atoms with Gasteiger partial charge in [-0.15, -0.1) is 0 Å². The zero-order valence-corrected chi connectivity index (χ0v) is 12.5. The summed E-state index contributed by atoms with van der Waals surface area (Å²) < 4.78 is 0. The molecule has 1 aromatic rings. The molecule has 1 rings (SSSR count). The van der Waals surface area contributed by atoms with Crippen LogP contribution < -0.4 is 5.32 Å². The van der Waals surface area contributed by atoms with E-state index in [0.29, 0.717) is 0 Å². The highest BCUT2D eigenvalue weighted by Crippen LogP contribution is 2.15. The summed E-state index contributed by atoms with van der Waals surface area (Å²) in [7, 11) is 0. The fraction of sp³-hybridized carbons (Fsp3) is 0.600. The molecule has 0 saturated heterocycles. The number of aliphatic hydroxyl groups excluding tert-OH is 1. The first-order chi connectivity index (χ1) is 8.57. The van der Waals surface area contributed by atoms with Crippen molar-refractivity contribution in [3.63, 3.8) is 0 Å². The van der Waals surface area contributed by atoms with E-state index in [9.17, 15) is 5.11 Å². The van der Waals surface area contributed by atoms with E-state index in [1.54, 1.807) is 0 Å². The molecule has 3 heteroatoms. The number of thioether (sulfide) groups is 1. The molecule has 0 saturated carbocycles. The minimum absolute atomic E-state index is 0.0979. The van der Waals surface area contributed by atoms with E-state index in [-0.39, 0.29) is 18.2 Å². The number of benzene rings is 1. The van der Waals surface area contributed by atoms with E-state index in [4.69, 9.17) is 0 Å². The Balaban J connectivity index is 2.32. The summed E-state index contributed by atoms with van der Waals surface area (Å²) >= 11 is 1.87. The molecule has 2 nitrogen and oxygen atoms in total. The summed E-state index contributed by atoms with van der Waals surface area (Å²) in [6, 6.07) is 10.6. The van der Waals surface area contributed by atoms with Crippen LogP contribution in [-0.4, -0.2) is 29.0 Å². The molecule has 1 aromatic carbocycles. The van der Waals surface area contributed by atoms with Gasteiger partial charge >= 0.3 is 0 Å². The molecule has 0 aliphatic heterocycles. The maximum atomic E-state index is 9.41. The summed E-state index contributed by atoms with van der Waals surface area (Å²) in [5.41, 5.74) is 1.44. The predicted molar refractivity (Wildman–Crippen MR) is 81.0 cm³/mol. The predicted octanol–water partition coefficient (Wildman–Crippen LogP) is 3.06. The van der Waals surface area contributed by atoms with Crippen LogP contribution in [0.3, 0.4) is 0 Å². The van der Waals surface area contributed by atoms with Crippen LogP contribution in [0.2, 0.25) is 0 Å². The van der Waals surface area contributed by atoms with E-state index >= 15 is 0 Å². The van der Waals surface area contributed by atoms with E-state index < -0.39 is 0 Å². The molecule has 0 spiro atoms. The Morgan fingerprint density at radius 3 is 2.50 bits per heavy atom. The lowest BCUT2D eigenvalue weighted by Crippen LogP contribution is -2.48. The van der Waals surface area contributed by atoms with Crippen molar-refractivity contribution in [3.8, 4) is 0 Å². The van der Waals surface area contributed by atoms with Gasteiger partial charge in [-0.3, -0.25) is 0 Å². The van der Waals surface area contributed by atoms with Crippen molar-refractivity contribution in [1.29, 1.82) is 0 Å². The number of nitrogens with one attached hydrogen (secondary N) is 1. The monoisotopic (exact) mass is 267 g/mol. The highest BCUT2D eigenvalue weighted by atomic mass is 32.2. The molecule has 0 aliphatic carbocycles. The van der Waals surface area contributed by atoms with E-state index in [2.05, 4.69) is 50.4 Å². The molecule has 0 heterocycles. The normalized spacial score (nSPS) is 13.6. The van der Waals surface area contributed by atoms with Gasteiger partial charge in [-0.25, -0.2) is 0 Å². The van der Waals surface area contributed by atoms with Crippen molar-refractivity contribution in [2.45, 2.75) is 44.5 Å². The summed E-state index contributed by atoms with van der Waals surface area (Å²) in [5.74, 6) is 1.94. The van der Waals surface area contributed by atoms with Gasteiger partial charge in [0.05, 0.1) is 6.61 Å². The third kappa shape index (κ3) is 5.89. The molecule has 0 unspecified atom stereocenters. The van der Waals surface area contributed by atoms with Crippen molar-refractivity contribution >= 4 is 11.8 Å². The summed E-state index contributed by atoms with van der Waals surface area (Å²) in [5, 5.41) is 12.9. The quantitative estimate of drug-likeness (QED) is 0.759. The van der Waals surface area contributed by atoms with Gasteiger partial charge in [0.2, 0.25) is 0 Å². The van der Waals surface area contributed by atoms with Gasteiger partial charge in [-0.05, 0) is 25.8 Å². The second kappa shape index (κ2) is 7.82. The van der Waals surface area contributed by atoms with Gasteiger partial charge in [0.25, 0.3) is 0 Å². The van der Waals surface area contributed by atoms with Gasteiger partial charge in [-0.2, -0.15) is 11.8 Å². The maximum absolute atomic E-state index is 9.41. The SMILES string of the molecule is CCC(C)(C)N[C@H](CO)CSCc1ccccc1. The van der Waals surface area contributed by atoms with Gasteiger partial charge in [0.1, 0.15) is 0 Å². The van der Waals surface area contributed by atoms with Gasteiger partial charge < -0.3 is 10.4 Å². The summed E-state index contributed by atoms with van der Waals surface area (Å²) in [4.78, 5) is 0. The van der Waals surface area contributed by atoms with Crippen LogP contribution in [0, 0.1) is 0 Å². The fourth-order valence-electron chi connectivity index (χ4n) is 1.69. The lowest BCUT2D eigenvalue weighted by atomic mass is 10.0. The average Bonchev–Trinajstić information content (AvgIpc) is 2.38. The maximum Gasteiger partial charge on any atom is 0.0592 e. The number of aliphatic hydroxyl groups is 1. The van der Waals surface area contributed by atoms with Crippen molar-refractivity contribution in [3.05, 3.63) is 35.9 Å².